The molecule has 98 valence electrons. The third-order valence-electron chi connectivity index (χ3n) is 2.34. The Balaban J connectivity index is 2.48. The maximum atomic E-state index is 11.1. The van der Waals surface area contributed by atoms with Crippen molar-refractivity contribution in [1.29, 1.82) is 0 Å². The van der Waals surface area contributed by atoms with Crippen LogP contribution in [0.4, 0.5) is 5.69 Å². The van der Waals surface area contributed by atoms with Gasteiger partial charge < -0.3 is 20.3 Å². The molecule has 0 aliphatic carbocycles. The zero-order valence-corrected chi connectivity index (χ0v) is 10.5. The van der Waals surface area contributed by atoms with Gasteiger partial charge in [0.25, 0.3) is 0 Å². The quantitative estimate of drug-likeness (QED) is 0.274. The van der Waals surface area contributed by atoms with Crippen LogP contribution < -0.4 is 10.5 Å². The summed E-state index contributed by atoms with van der Waals surface area (Å²) < 4.78 is 10.2. The smallest absolute Gasteiger partial charge is 0.333 e. The number of carbonyl (C=O) groups excluding carboxylic acids is 1. The fourth-order valence-electron chi connectivity index (χ4n) is 1.27. The number of nitrogen functional groups attached to an aromatic ring is 1. The van der Waals surface area contributed by atoms with E-state index in [0.717, 1.165) is 0 Å². The summed E-state index contributed by atoms with van der Waals surface area (Å²) >= 11 is 0. The molecule has 0 amide bonds. The van der Waals surface area contributed by atoms with Crippen LogP contribution in [0.3, 0.4) is 0 Å². The van der Waals surface area contributed by atoms with Gasteiger partial charge in [0.2, 0.25) is 0 Å². The molecule has 5 nitrogen and oxygen atoms in total. The van der Waals surface area contributed by atoms with Gasteiger partial charge in [0.1, 0.15) is 24.7 Å². The summed E-state index contributed by atoms with van der Waals surface area (Å²) in [6, 6.07) is 3.21. The number of rotatable bonds is 5. The zero-order valence-electron chi connectivity index (χ0n) is 10.5. The van der Waals surface area contributed by atoms with E-state index in [1.807, 2.05) is 0 Å². The van der Waals surface area contributed by atoms with Crippen LogP contribution in [0, 0.1) is 6.92 Å². The molecule has 0 saturated heterocycles. The fraction of sp³-hybridized carbons (Fsp3) is 0.308. The Morgan fingerprint density at radius 2 is 2.11 bits per heavy atom. The highest BCUT2D eigenvalue weighted by Gasteiger charge is 2.08. The second kappa shape index (κ2) is 5.95. The van der Waals surface area contributed by atoms with Gasteiger partial charge in [0.15, 0.2) is 0 Å². The summed E-state index contributed by atoms with van der Waals surface area (Å²) in [5.41, 5.74) is 6.73. The molecular formula is C13H17NO4. The van der Waals surface area contributed by atoms with Crippen molar-refractivity contribution in [1.82, 2.24) is 0 Å². The van der Waals surface area contributed by atoms with E-state index in [0.29, 0.717) is 22.6 Å². The van der Waals surface area contributed by atoms with Crippen molar-refractivity contribution < 1.29 is 19.4 Å². The standard InChI is InChI=1S/C13H17NO4/c1-8(2)13(16)18-7-6-17-11-5-4-10(14)12(15)9(11)3/h4-5,15H,1,6-7,14H2,2-3H3. The first-order chi connectivity index (χ1) is 8.43. The summed E-state index contributed by atoms with van der Waals surface area (Å²) in [5.74, 6) is 0.0648. The van der Waals surface area contributed by atoms with E-state index < -0.39 is 5.97 Å². The molecule has 0 heterocycles. The van der Waals surface area contributed by atoms with E-state index in [-0.39, 0.29) is 19.0 Å². The molecule has 3 N–H and O–H groups in total. The predicted octanol–water partition coefficient (Wildman–Crippen LogP) is 1.78. The second-order valence-electron chi connectivity index (χ2n) is 3.89. The fourth-order valence-corrected chi connectivity index (χ4v) is 1.27. The van der Waals surface area contributed by atoms with Crippen LogP contribution in [0.15, 0.2) is 24.3 Å². The highest BCUT2D eigenvalue weighted by Crippen LogP contribution is 2.31. The summed E-state index contributed by atoms with van der Waals surface area (Å²) in [6.07, 6.45) is 0. The molecule has 0 unspecified atom stereocenters. The van der Waals surface area contributed by atoms with Crippen molar-refractivity contribution in [3.63, 3.8) is 0 Å². The van der Waals surface area contributed by atoms with Gasteiger partial charge in [-0.05, 0) is 26.0 Å². The molecule has 1 rings (SSSR count). The van der Waals surface area contributed by atoms with Crippen LogP contribution in [-0.4, -0.2) is 24.3 Å². The Labute approximate surface area is 106 Å². The Morgan fingerprint density at radius 1 is 1.44 bits per heavy atom. The van der Waals surface area contributed by atoms with Gasteiger partial charge in [-0.15, -0.1) is 0 Å². The van der Waals surface area contributed by atoms with E-state index in [1.165, 1.54) is 0 Å². The molecule has 5 heteroatoms. The molecule has 0 saturated carbocycles. The summed E-state index contributed by atoms with van der Waals surface area (Å²) in [5, 5.41) is 9.60. The molecular weight excluding hydrogens is 234 g/mol. The van der Waals surface area contributed by atoms with E-state index in [9.17, 15) is 9.90 Å². The molecule has 0 spiro atoms. The molecule has 0 radical (unpaired) electrons. The van der Waals surface area contributed by atoms with E-state index in [4.69, 9.17) is 15.2 Å². The van der Waals surface area contributed by atoms with Crippen molar-refractivity contribution >= 4 is 11.7 Å². The van der Waals surface area contributed by atoms with Gasteiger partial charge in [-0.25, -0.2) is 4.79 Å². The van der Waals surface area contributed by atoms with E-state index in [2.05, 4.69) is 6.58 Å². The minimum absolute atomic E-state index is 0.00595. The maximum absolute atomic E-state index is 11.1. The monoisotopic (exact) mass is 251 g/mol. The number of hydrogen-bond acceptors (Lipinski definition) is 5. The van der Waals surface area contributed by atoms with Gasteiger partial charge >= 0.3 is 5.97 Å². The first kappa shape index (κ1) is 13.9. The molecule has 1 aromatic carbocycles. The van der Waals surface area contributed by atoms with Crippen LogP contribution in [0.5, 0.6) is 11.5 Å². The molecule has 1 aromatic rings. The number of benzene rings is 1. The Kier molecular flexibility index (Phi) is 4.59. The number of esters is 1. The minimum atomic E-state index is -0.449. The second-order valence-corrected chi connectivity index (χ2v) is 3.89. The van der Waals surface area contributed by atoms with Crippen molar-refractivity contribution in [2.24, 2.45) is 0 Å². The van der Waals surface area contributed by atoms with Crippen LogP contribution in [0.2, 0.25) is 0 Å². The van der Waals surface area contributed by atoms with Crippen molar-refractivity contribution in [3.05, 3.63) is 29.8 Å². The normalized spacial score (nSPS) is 9.89. The van der Waals surface area contributed by atoms with Crippen molar-refractivity contribution in [3.8, 4) is 11.5 Å². The lowest BCUT2D eigenvalue weighted by molar-refractivity contribution is -0.139. The van der Waals surface area contributed by atoms with Gasteiger partial charge in [0.05, 0.1) is 5.69 Å². The number of phenolic OH excluding ortho intramolecular Hbond substituents is 1. The molecule has 0 fully saturated rings. The highest BCUT2D eigenvalue weighted by atomic mass is 16.6. The summed E-state index contributed by atoms with van der Waals surface area (Å²) in [6.45, 7) is 7.05. The summed E-state index contributed by atoms with van der Waals surface area (Å²) in [4.78, 5) is 11.1. The number of aromatic hydroxyl groups is 1. The Morgan fingerprint density at radius 3 is 2.72 bits per heavy atom. The van der Waals surface area contributed by atoms with Crippen LogP contribution in [0.25, 0.3) is 0 Å². The molecule has 0 aliphatic heterocycles. The number of carbonyl (C=O) groups is 1. The number of anilines is 1. The van der Waals surface area contributed by atoms with E-state index >= 15 is 0 Å². The van der Waals surface area contributed by atoms with E-state index in [1.54, 1.807) is 26.0 Å². The first-order valence-corrected chi connectivity index (χ1v) is 5.47. The highest BCUT2D eigenvalue weighted by molar-refractivity contribution is 5.86. The number of nitrogens with two attached hydrogens (primary N) is 1. The molecule has 18 heavy (non-hydrogen) atoms. The number of phenols is 1. The van der Waals surface area contributed by atoms with Gasteiger partial charge in [-0.2, -0.15) is 0 Å². The molecule has 0 bridgehead atoms. The third kappa shape index (κ3) is 3.41. The first-order valence-electron chi connectivity index (χ1n) is 5.47. The topological polar surface area (TPSA) is 81.8 Å². The lowest BCUT2D eigenvalue weighted by Crippen LogP contribution is -2.12. The van der Waals surface area contributed by atoms with Gasteiger partial charge in [-0.1, -0.05) is 6.58 Å². The Bertz CT molecular complexity index is 468. The largest absolute Gasteiger partial charge is 0.505 e. The van der Waals surface area contributed by atoms with Crippen LogP contribution in [0.1, 0.15) is 12.5 Å². The zero-order chi connectivity index (χ0) is 13.7. The van der Waals surface area contributed by atoms with Crippen LogP contribution >= 0.6 is 0 Å². The predicted molar refractivity (Wildman–Crippen MR) is 68.5 cm³/mol. The molecule has 0 aromatic heterocycles. The van der Waals surface area contributed by atoms with Crippen LogP contribution in [-0.2, 0) is 9.53 Å². The minimum Gasteiger partial charge on any atom is -0.505 e. The summed E-state index contributed by atoms with van der Waals surface area (Å²) in [7, 11) is 0. The van der Waals surface area contributed by atoms with Gasteiger partial charge in [0, 0.05) is 11.1 Å². The Hall–Kier alpha value is -2.17. The molecule has 0 atom stereocenters. The number of hydrogen-bond donors (Lipinski definition) is 2. The lowest BCUT2D eigenvalue weighted by Gasteiger charge is -2.11. The third-order valence-corrected chi connectivity index (χ3v) is 2.34. The maximum Gasteiger partial charge on any atom is 0.333 e. The van der Waals surface area contributed by atoms with Crippen molar-refractivity contribution in [2.45, 2.75) is 13.8 Å². The SMILES string of the molecule is C=C(C)C(=O)OCCOc1ccc(N)c(O)c1C. The lowest BCUT2D eigenvalue weighted by atomic mass is 10.2. The molecule has 0 aliphatic rings. The average Bonchev–Trinajstić information content (AvgIpc) is 2.33. The number of ether oxygens (including phenoxy) is 2. The van der Waals surface area contributed by atoms with Gasteiger partial charge in [-0.3, -0.25) is 0 Å². The van der Waals surface area contributed by atoms with Crippen molar-refractivity contribution in [2.75, 3.05) is 18.9 Å². The average molecular weight is 251 g/mol.